The van der Waals surface area contributed by atoms with Gasteiger partial charge in [-0.3, -0.25) is 4.98 Å². The zero-order chi connectivity index (χ0) is 25.3. The molecule has 4 rings (SSSR count). The number of halogens is 4. The van der Waals surface area contributed by atoms with E-state index in [4.69, 9.17) is 4.74 Å². The van der Waals surface area contributed by atoms with Crippen molar-refractivity contribution in [2.24, 2.45) is 5.10 Å². The molecule has 186 valence electrons. The molecule has 1 aromatic carbocycles. The van der Waals surface area contributed by atoms with Crippen LogP contribution in [0.2, 0.25) is 0 Å². The van der Waals surface area contributed by atoms with Gasteiger partial charge in [0.05, 0.1) is 48.3 Å². The Balaban J connectivity index is 0.000000223. The van der Waals surface area contributed by atoms with Gasteiger partial charge in [0.15, 0.2) is 11.6 Å². The third-order valence-corrected chi connectivity index (χ3v) is 4.85. The molecule has 1 aliphatic heterocycles. The third kappa shape index (κ3) is 7.60. The summed E-state index contributed by atoms with van der Waals surface area (Å²) in [6.45, 7) is 4.44. The molecule has 2 aromatic heterocycles. The summed E-state index contributed by atoms with van der Waals surface area (Å²) in [4.78, 5) is 13.6. The van der Waals surface area contributed by atoms with E-state index in [0.717, 1.165) is 12.1 Å². The lowest BCUT2D eigenvalue weighted by molar-refractivity contribution is -0.137. The zero-order valence-corrected chi connectivity index (χ0v) is 19.2. The molecule has 0 bridgehead atoms. The minimum atomic E-state index is -4.36. The molecule has 12 heteroatoms. The zero-order valence-electron chi connectivity index (χ0n) is 19.2. The van der Waals surface area contributed by atoms with Crippen LogP contribution in [0, 0.1) is 5.82 Å². The van der Waals surface area contributed by atoms with Gasteiger partial charge < -0.3 is 20.4 Å². The van der Waals surface area contributed by atoms with E-state index in [2.05, 4.69) is 30.8 Å². The van der Waals surface area contributed by atoms with Crippen LogP contribution < -0.4 is 15.6 Å². The fourth-order valence-corrected chi connectivity index (χ4v) is 3.16. The Morgan fingerprint density at radius 1 is 1.06 bits per heavy atom. The van der Waals surface area contributed by atoms with E-state index in [9.17, 15) is 17.6 Å². The summed E-state index contributed by atoms with van der Waals surface area (Å²) in [5.74, 6) is 0.00250. The molecule has 1 aliphatic rings. The van der Waals surface area contributed by atoms with E-state index in [1.165, 1.54) is 18.6 Å². The number of nitrogens with zero attached hydrogens (tertiary/aromatic N) is 5. The van der Waals surface area contributed by atoms with Crippen molar-refractivity contribution in [1.29, 1.82) is 0 Å². The summed E-state index contributed by atoms with van der Waals surface area (Å²) in [5.41, 5.74) is 4.32. The monoisotopic (exact) mass is 491 g/mol. The largest absolute Gasteiger partial charge is 0.416 e. The molecule has 1 fully saturated rings. The standard InChI is InChI=1S/C15H15F3N4.C8H10FN3O/c1-10(22-19-2)14-7-6-13(9-20-14)21-12-5-3-4-11(8-12)15(16,17)18;9-7-5-10-6-11-8(7)12-1-3-13-4-2-12/h3-9,19,21H,1-2H3;5-6H,1-4H2/b22-10+;. The van der Waals surface area contributed by atoms with E-state index in [-0.39, 0.29) is 5.82 Å². The number of nitrogens with one attached hydrogen (secondary N) is 2. The van der Waals surface area contributed by atoms with Gasteiger partial charge >= 0.3 is 6.18 Å². The van der Waals surface area contributed by atoms with Crippen LogP contribution in [0.15, 0.2) is 60.2 Å². The quantitative estimate of drug-likeness (QED) is 0.314. The summed E-state index contributed by atoms with van der Waals surface area (Å²) < 4.78 is 56.3. The number of pyridine rings is 1. The number of ether oxygens (including phenoxy) is 1. The minimum absolute atomic E-state index is 0.352. The van der Waals surface area contributed by atoms with Crippen LogP contribution in [0.25, 0.3) is 0 Å². The number of hydrogen-bond donors (Lipinski definition) is 2. The first-order valence-electron chi connectivity index (χ1n) is 10.7. The predicted molar refractivity (Wildman–Crippen MR) is 125 cm³/mol. The maximum atomic E-state index is 13.2. The van der Waals surface area contributed by atoms with Crippen molar-refractivity contribution in [2.75, 3.05) is 43.6 Å². The molecule has 0 radical (unpaired) electrons. The molecule has 0 saturated carbocycles. The van der Waals surface area contributed by atoms with Gasteiger partial charge in [-0.05, 0) is 37.3 Å². The Labute approximate surface area is 200 Å². The maximum Gasteiger partial charge on any atom is 0.416 e. The number of alkyl halides is 3. The van der Waals surface area contributed by atoms with Gasteiger partial charge in [-0.1, -0.05) is 6.07 Å². The van der Waals surface area contributed by atoms with Gasteiger partial charge in [-0.15, -0.1) is 0 Å². The Kier molecular flexibility index (Phi) is 8.90. The second-order valence-electron chi connectivity index (χ2n) is 7.35. The molecule has 35 heavy (non-hydrogen) atoms. The minimum Gasteiger partial charge on any atom is -0.378 e. The Hall–Kier alpha value is -3.80. The summed E-state index contributed by atoms with van der Waals surface area (Å²) in [6, 6.07) is 8.49. The smallest absolute Gasteiger partial charge is 0.378 e. The van der Waals surface area contributed by atoms with Crippen LogP contribution in [-0.4, -0.2) is 54.0 Å². The average Bonchev–Trinajstić information content (AvgIpc) is 2.86. The van der Waals surface area contributed by atoms with E-state index >= 15 is 0 Å². The Bertz CT molecular complexity index is 1120. The summed E-state index contributed by atoms with van der Waals surface area (Å²) in [6.07, 6.45) is -0.281. The number of aromatic nitrogens is 3. The molecule has 2 N–H and O–H groups in total. The first-order valence-corrected chi connectivity index (χ1v) is 10.7. The summed E-state index contributed by atoms with van der Waals surface area (Å²) >= 11 is 0. The number of morpholine rings is 1. The molecule has 8 nitrogen and oxygen atoms in total. The van der Waals surface area contributed by atoms with Gasteiger partial charge in [-0.2, -0.15) is 18.3 Å². The number of rotatable bonds is 5. The molecule has 0 atom stereocenters. The van der Waals surface area contributed by atoms with E-state index in [0.29, 0.717) is 54.9 Å². The van der Waals surface area contributed by atoms with Crippen molar-refractivity contribution < 1.29 is 22.3 Å². The van der Waals surface area contributed by atoms with Crippen LogP contribution in [0.1, 0.15) is 18.2 Å². The SMILES string of the molecule is CN/N=C(\C)c1ccc(Nc2cccc(C(F)(F)F)c2)cn1.Fc1cncnc1N1CCOCC1. The lowest BCUT2D eigenvalue weighted by Gasteiger charge is -2.27. The second kappa shape index (κ2) is 12.1. The first-order chi connectivity index (χ1) is 16.8. The average molecular weight is 491 g/mol. The highest BCUT2D eigenvalue weighted by Gasteiger charge is 2.30. The summed E-state index contributed by atoms with van der Waals surface area (Å²) in [7, 11) is 1.69. The number of anilines is 3. The highest BCUT2D eigenvalue weighted by molar-refractivity contribution is 5.96. The van der Waals surface area contributed by atoms with Gasteiger partial charge in [0, 0.05) is 25.8 Å². The van der Waals surface area contributed by atoms with Crippen molar-refractivity contribution in [3.05, 3.63) is 72.2 Å². The van der Waals surface area contributed by atoms with Crippen LogP contribution in [0.5, 0.6) is 0 Å². The Morgan fingerprint density at radius 2 is 1.83 bits per heavy atom. The molecule has 0 amide bonds. The molecule has 0 aliphatic carbocycles. The summed E-state index contributed by atoms with van der Waals surface area (Å²) in [5, 5.41) is 6.90. The normalized spacial score (nSPS) is 14.1. The van der Waals surface area contributed by atoms with E-state index in [1.54, 1.807) is 38.4 Å². The van der Waals surface area contributed by atoms with Crippen molar-refractivity contribution >= 4 is 22.9 Å². The predicted octanol–water partition coefficient (Wildman–Crippen LogP) is 4.24. The molecule has 0 unspecified atom stereocenters. The van der Waals surface area contributed by atoms with Crippen molar-refractivity contribution in [2.45, 2.75) is 13.1 Å². The van der Waals surface area contributed by atoms with Crippen molar-refractivity contribution in [3.8, 4) is 0 Å². The first kappa shape index (κ1) is 25.8. The lowest BCUT2D eigenvalue weighted by atomic mass is 10.2. The van der Waals surface area contributed by atoms with Crippen molar-refractivity contribution in [1.82, 2.24) is 20.4 Å². The van der Waals surface area contributed by atoms with Gasteiger partial charge in [0.2, 0.25) is 0 Å². The molecule has 1 saturated heterocycles. The van der Waals surface area contributed by atoms with Gasteiger partial charge in [0.1, 0.15) is 6.33 Å². The number of benzene rings is 1. The second-order valence-corrected chi connectivity index (χ2v) is 7.35. The van der Waals surface area contributed by atoms with Gasteiger partial charge in [-0.25, -0.2) is 14.4 Å². The molecule has 3 heterocycles. The molecule has 3 aromatic rings. The van der Waals surface area contributed by atoms with Gasteiger partial charge in [0.25, 0.3) is 0 Å². The van der Waals surface area contributed by atoms with E-state index in [1.807, 2.05) is 4.90 Å². The van der Waals surface area contributed by atoms with Crippen LogP contribution in [0.3, 0.4) is 0 Å². The van der Waals surface area contributed by atoms with Crippen LogP contribution in [0.4, 0.5) is 34.8 Å². The fraction of sp³-hybridized carbons (Fsp3) is 0.304. The third-order valence-electron chi connectivity index (χ3n) is 4.85. The number of hydrogen-bond acceptors (Lipinski definition) is 8. The molecular weight excluding hydrogens is 466 g/mol. The van der Waals surface area contributed by atoms with Crippen LogP contribution >= 0.6 is 0 Å². The van der Waals surface area contributed by atoms with Crippen molar-refractivity contribution in [3.63, 3.8) is 0 Å². The highest BCUT2D eigenvalue weighted by atomic mass is 19.4. The highest BCUT2D eigenvalue weighted by Crippen LogP contribution is 2.31. The fourth-order valence-electron chi connectivity index (χ4n) is 3.16. The molecular formula is C23H25F4N7O. The lowest BCUT2D eigenvalue weighted by Crippen LogP contribution is -2.37. The number of hydrazone groups is 1. The van der Waals surface area contributed by atoms with E-state index < -0.39 is 11.7 Å². The van der Waals surface area contributed by atoms with Crippen LogP contribution in [-0.2, 0) is 10.9 Å². The topological polar surface area (TPSA) is 87.6 Å². The Morgan fingerprint density at radius 3 is 2.46 bits per heavy atom. The molecule has 0 spiro atoms. The maximum absolute atomic E-state index is 13.2.